The zero-order valence-corrected chi connectivity index (χ0v) is 20.0. The van der Waals surface area contributed by atoms with Gasteiger partial charge >= 0.3 is 0 Å². The Kier molecular flexibility index (Phi) is 7.93. The normalized spacial score (nSPS) is 17.6. The molecule has 1 fully saturated rings. The summed E-state index contributed by atoms with van der Waals surface area (Å²) in [7, 11) is 0. The third-order valence-electron chi connectivity index (χ3n) is 5.55. The van der Waals surface area contributed by atoms with Crippen molar-refractivity contribution in [2.45, 2.75) is 38.5 Å². The minimum Gasteiger partial charge on any atom is -0.493 e. The van der Waals surface area contributed by atoms with Crippen LogP contribution >= 0.6 is 23.7 Å². The Morgan fingerprint density at radius 3 is 2.88 bits per heavy atom. The number of nitrogens with zero attached hydrogens (tertiary/aromatic N) is 4. The summed E-state index contributed by atoms with van der Waals surface area (Å²) in [6.07, 6.45) is 2.78. The second-order valence-electron chi connectivity index (χ2n) is 7.93. The third kappa shape index (κ3) is 6.49. The Balaban J connectivity index is 1.21. The molecule has 0 spiro atoms. The first-order valence-corrected chi connectivity index (χ1v) is 12.2. The van der Waals surface area contributed by atoms with Gasteiger partial charge in [-0.1, -0.05) is 16.8 Å². The van der Waals surface area contributed by atoms with Crippen LogP contribution in [0.3, 0.4) is 0 Å². The van der Waals surface area contributed by atoms with Gasteiger partial charge < -0.3 is 13.9 Å². The first-order valence-electron chi connectivity index (χ1n) is 11.1. The number of anilines is 1. The molecule has 1 aromatic carbocycles. The minimum atomic E-state index is -2.79. The van der Waals surface area contributed by atoms with E-state index in [9.17, 15) is 8.78 Å². The summed E-state index contributed by atoms with van der Waals surface area (Å²) in [5.74, 6) is -2.17. The average Bonchev–Trinajstić information content (AvgIpc) is 3.43. The number of ether oxygens (including phenoxy) is 1. The number of pyridine rings is 1. The van der Waals surface area contributed by atoms with Crippen molar-refractivity contribution in [2.24, 2.45) is 5.16 Å². The lowest BCUT2D eigenvalue weighted by Crippen LogP contribution is -2.26. The molecular weight excluding hydrogens is 470 g/mol. The predicted octanol–water partition coefficient (Wildman–Crippen LogP) is 5.60. The Hall–Kier alpha value is -2.10. The SMILES string of the molecule is CCO/N=C1\CCc2cc(OCCC(F)(F)CCN3CCN(c4ccnc(Cl)c4)S3)ccc21. The number of hydrogen-bond donors (Lipinski definition) is 0. The number of aryl methyl sites for hydroxylation is 1. The van der Waals surface area contributed by atoms with Gasteiger partial charge in [-0.05, 0) is 55.7 Å². The predicted molar refractivity (Wildman–Crippen MR) is 128 cm³/mol. The van der Waals surface area contributed by atoms with Gasteiger partial charge in [0.1, 0.15) is 17.5 Å². The van der Waals surface area contributed by atoms with Crippen LogP contribution in [0.25, 0.3) is 0 Å². The van der Waals surface area contributed by atoms with Crippen molar-refractivity contribution in [3.05, 3.63) is 52.8 Å². The molecule has 2 aliphatic rings. The summed E-state index contributed by atoms with van der Waals surface area (Å²) in [5.41, 5.74) is 4.01. The zero-order chi connectivity index (χ0) is 23.3. The fourth-order valence-corrected chi connectivity index (χ4v) is 4.96. The number of halogens is 3. The highest BCUT2D eigenvalue weighted by molar-refractivity contribution is 7.98. The van der Waals surface area contributed by atoms with Crippen molar-refractivity contribution in [3.63, 3.8) is 0 Å². The monoisotopic (exact) mass is 496 g/mol. The molecule has 2 aromatic rings. The van der Waals surface area contributed by atoms with E-state index in [4.69, 9.17) is 21.2 Å². The lowest BCUT2D eigenvalue weighted by atomic mass is 10.1. The van der Waals surface area contributed by atoms with Gasteiger partial charge in [-0.15, -0.1) is 0 Å². The van der Waals surface area contributed by atoms with Gasteiger partial charge in [-0.3, -0.25) is 0 Å². The van der Waals surface area contributed by atoms with Crippen LogP contribution in [-0.2, 0) is 11.3 Å². The van der Waals surface area contributed by atoms with E-state index in [1.807, 2.05) is 39.8 Å². The van der Waals surface area contributed by atoms with Crippen molar-refractivity contribution in [3.8, 4) is 5.75 Å². The van der Waals surface area contributed by atoms with Crippen molar-refractivity contribution >= 4 is 35.1 Å². The third-order valence-corrected chi connectivity index (χ3v) is 6.94. The van der Waals surface area contributed by atoms with Gasteiger partial charge in [0.15, 0.2) is 0 Å². The number of oxime groups is 1. The Labute approximate surface area is 202 Å². The molecule has 33 heavy (non-hydrogen) atoms. The van der Waals surface area contributed by atoms with E-state index >= 15 is 0 Å². The fourth-order valence-electron chi connectivity index (χ4n) is 3.80. The number of hydrogen-bond acceptors (Lipinski definition) is 7. The van der Waals surface area contributed by atoms with Crippen LogP contribution in [0.1, 0.15) is 37.3 Å². The van der Waals surface area contributed by atoms with Crippen molar-refractivity contribution in [2.75, 3.05) is 37.2 Å². The van der Waals surface area contributed by atoms with Gasteiger partial charge in [0, 0.05) is 56.4 Å². The minimum absolute atomic E-state index is 0.0273. The molecule has 1 aromatic heterocycles. The summed E-state index contributed by atoms with van der Waals surface area (Å²) >= 11 is 7.39. The molecule has 6 nitrogen and oxygen atoms in total. The van der Waals surface area contributed by atoms with Crippen molar-refractivity contribution < 1.29 is 18.4 Å². The molecule has 2 heterocycles. The zero-order valence-electron chi connectivity index (χ0n) is 18.5. The summed E-state index contributed by atoms with van der Waals surface area (Å²) in [4.78, 5) is 9.13. The summed E-state index contributed by atoms with van der Waals surface area (Å²) in [6, 6.07) is 9.29. The first-order chi connectivity index (χ1) is 15.9. The molecule has 0 N–H and O–H groups in total. The van der Waals surface area contributed by atoms with Crippen LogP contribution in [-0.4, -0.2) is 53.8 Å². The molecule has 0 saturated carbocycles. The van der Waals surface area contributed by atoms with Gasteiger partial charge in [0.2, 0.25) is 0 Å². The molecule has 0 radical (unpaired) electrons. The van der Waals surface area contributed by atoms with Crippen LogP contribution in [0.4, 0.5) is 14.5 Å². The molecule has 178 valence electrons. The largest absolute Gasteiger partial charge is 0.493 e. The van der Waals surface area contributed by atoms with Gasteiger partial charge in [-0.2, -0.15) is 0 Å². The van der Waals surface area contributed by atoms with Crippen LogP contribution in [0.2, 0.25) is 5.15 Å². The standard InChI is InChI=1S/C23H27ClF2N4O2S/c1-2-32-28-21-6-3-17-15-19(4-5-20(17)21)31-14-9-23(25,26)8-11-29-12-13-30(33-29)18-7-10-27-22(24)16-18/h4-5,7,10,15-16H,2-3,6,8-9,11-14H2,1H3/b28-21+. The maximum atomic E-state index is 14.5. The highest BCUT2D eigenvalue weighted by Crippen LogP contribution is 2.33. The second-order valence-corrected chi connectivity index (χ2v) is 9.44. The quantitative estimate of drug-likeness (QED) is 0.242. The molecule has 4 rings (SSSR count). The smallest absolute Gasteiger partial charge is 0.252 e. The van der Waals surface area contributed by atoms with Crippen LogP contribution < -0.4 is 9.04 Å². The maximum absolute atomic E-state index is 14.5. The van der Waals surface area contributed by atoms with E-state index in [0.717, 1.165) is 41.9 Å². The number of benzene rings is 1. The molecule has 1 saturated heterocycles. The number of rotatable bonds is 10. The Morgan fingerprint density at radius 1 is 1.18 bits per heavy atom. The van der Waals surface area contributed by atoms with E-state index < -0.39 is 5.92 Å². The molecule has 10 heteroatoms. The fraction of sp³-hybridized carbons (Fsp3) is 0.478. The highest BCUT2D eigenvalue weighted by Gasteiger charge is 2.31. The molecule has 1 aliphatic heterocycles. The Morgan fingerprint density at radius 2 is 2.06 bits per heavy atom. The summed E-state index contributed by atoms with van der Waals surface area (Å²) < 4.78 is 38.5. The second kappa shape index (κ2) is 10.9. The van der Waals surface area contributed by atoms with E-state index in [1.165, 1.54) is 12.1 Å². The molecule has 0 atom stereocenters. The first kappa shape index (κ1) is 24.0. The van der Waals surface area contributed by atoms with Gasteiger partial charge in [-0.25, -0.2) is 18.1 Å². The molecule has 0 unspecified atom stereocenters. The topological polar surface area (TPSA) is 50.2 Å². The highest BCUT2D eigenvalue weighted by atomic mass is 35.5. The van der Waals surface area contributed by atoms with Crippen LogP contribution in [0.15, 0.2) is 41.7 Å². The molecule has 1 aliphatic carbocycles. The molecular formula is C23H27ClF2N4O2S. The molecule has 0 bridgehead atoms. The molecule has 0 amide bonds. The summed E-state index contributed by atoms with van der Waals surface area (Å²) in [5, 5.41) is 4.56. The van der Waals surface area contributed by atoms with Gasteiger partial charge in [0.25, 0.3) is 5.92 Å². The van der Waals surface area contributed by atoms with E-state index in [0.29, 0.717) is 30.6 Å². The lowest BCUT2D eigenvalue weighted by molar-refractivity contribution is -0.0286. The lowest BCUT2D eigenvalue weighted by Gasteiger charge is -2.21. The average molecular weight is 497 g/mol. The number of alkyl halides is 2. The van der Waals surface area contributed by atoms with E-state index in [-0.39, 0.29) is 19.4 Å². The summed E-state index contributed by atoms with van der Waals surface area (Å²) in [6.45, 7) is 4.15. The van der Waals surface area contributed by atoms with Crippen molar-refractivity contribution in [1.82, 2.24) is 9.29 Å². The van der Waals surface area contributed by atoms with Crippen molar-refractivity contribution in [1.29, 1.82) is 0 Å². The van der Waals surface area contributed by atoms with Crippen LogP contribution in [0, 0.1) is 0 Å². The Bertz CT molecular complexity index is 995. The van der Waals surface area contributed by atoms with E-state index in [1.54, 1.807) is 12.3 Å². The van der Waals surface area contributed by atoms with E-state index in [2.05, 4.69) is 10.1 Å². The van der Waals surface area contributed by atoms with Gasteiger partial charge in [0.05, 0.1) is 18.0 Å². The number of aromatic nitrogens is 1. The van der Waals surface area contributed by atoms with Crippen LogP contribution in [0.5, 0.6) is 5.75 Å². The number of fused-ring (bicyclic) bond motifs is 1. The maximum Gasteiger partial charge on any atom is 0.252 e.